The summed E-state index contributed by atoms with van der Waals surface area (Å²) in [6, 6.07) is 8.52. The van der Waals surface area contributed by atoms with Gasteiger partial charge in [0.1, 0.15) is 17.6 Å². The molecule has 0 saturated heterocycles. The van der Waals surface area contributed by atoms with E-state index in [1.807, 2.05) is 6.07 Å². The van der Waals surface area contributed by atoms with Gasteiger partial charge in [0.05, 0.1) is 5.56 Å². The molecule has 2 N–H and O–H groups in total. The molecule has 0 unspecified atom stereocenters. The standard InChI is InChI=1S/C11H8N4O/c12-6-8-3-4-9(14-7-8)11(16)15-10-2-1-5-13-10/h1-5,7,13H,(H,15,16). The van der Waals surface area contributed by atoms with Crippen molar-refractivity contribution in [2.24, 2.45) is 0 Å². The lowest BCUT2D eigenvalue weighted by molar-refractivity contribution is 0.102. The molecule has 5 heteroatoms. The van der Waals surface area contributed by atoms with E-state index in [1.54, 1.807) is 24.4 Å². The Hall–Kier alpha value is -2.61. The van der Waals surface area contributed by atoms with Crippen molar-refractivity contribution in [1.29, 1.82) is 5.26 Å². The van der Waals surface area contributed by atoms with Gasteiger partial charge in [-0.05, 0) is 24.3 Å². The van der Waals surface area contributed by atoms with Crippen LogP contribution in [-0.4, -0.2) is 15.9 Å². The second-order valence-corrected chi connectivity index (χ2v) is 3.08. The van der Waals surface area contributed by atoms with Crippen LogP contribution in [-0.2, 0) is 0 Å². The zero-order valence-corrected chi connectivity index (χ0v) is 8.27. The molecule has 2 aromatic rings. The zero-order valence-electron chi connectivity index (χ0n) is 8.27. The predicted octanol–water partition coefficient (Wildman–Crippen LogP) is 1.53. The average Bonchev–Trinajstić information content (AvgIpc) is 2.82. The lowest BCUT2D eigenvalue weighted by Crippen LogP contribution is -2.13. The highest BCUT2D eigenvalue weighted by Crippen LogP contribution is 2.05. The van der Waals surface area contributed by atoms with Crippen LogP contribution in [0.2, 0.25) is 0 Å². The van der Waals surface area contributed by atoms with Crippen LogP contribution in [0.15, 0.2) is 36.7 Å². The minimum Gasteiger partial charge on any atom is -0.348 e. The third-order valence-electron chi connectivity index (χ3n) is 1.97. The monoisotopic (exact) mass is 212 g/mol. The van der Waals surface area contributed by atoms with Gasteiger partial charge in [0, 0.05) is 12.4 Å². The van der Waals surface area contributed by atoms with Crippen molar-refractivity contribution in [3.8, 4) is 6.07 Å². The van der Waals surface area contributed by atoms with Crippen LogP contribution in [0.1, 0.15) is 16.1 Å². The van der Waals surface area contributed by atoms with E-state index in [1.165, 1.54) is 12.3 Å². The van der Waals surface area contributed by atoms with Crippen molar-refractivity contribution in [2.45, 2.75) is 0 Å². The Morgan fingerprint density at radius 3 is 2.88 bits per heavy atom. The Morgan fingerprint density at radius 2 is 2.31 bits per heavy atom. The Kier molecular flexibility index (Phi) is 2.65. The summed E-state index contributed by atoms with van der Waals surface area (Å²) in [6.45, 7) is 0. The number of hydrogen-bond donors (Lipinski definition) is 2. The summed E-state index contributed by atoms with van der Waals surface area (Å²) in [6.07, 6.45) is 3.07. The minimum absolute atomic E-state index is 0.272. The number of anilines is 1. The molecule has 1 amide bonds. The lowest BCUT2D eigenvalue weighted by atomic mass is 10.2. The molecule has 0 fully saturated rings. The second-order valence-electron chi connectivity index (χ2n) is 3.08. The van der Waals surface area contributed by atoms with Crippen LogP contribution in [0.4, 0.5) is 5.82 Å². The van der Waals surface area contributed by atoms with Gasteiger partial charge in [-0.15, -0.1) is 0 Å². The first-order chi connectivity index (χ1) is 7.79. The van der Waals surface area contributed by atoms with Crippen molar-refractivity contribution in [3.63, 3.8) is 0 Å². The zero-order chi connectivity index (χ0) is 11.4. The summed E-state index contributed by atoms with van der Waals surface area (Å²) in [4.78, 5) is 18.4. The summed E-state index contributed by atoms with van der Waals surface area (Å²) >= 11 is 0. The predicted molar refractivity (Wildman–Crippen MR) is 57.7 cm³/mol. The summed E-state index contributed by atoms with van der Waals surface area (Å²) < 4.78 is 0. The summed E-state index contributed by atoms with van der Waals surface area (Å²) in [7, 11) is 0. The van der Waals surface area contributed by atoms with E-state index in [2.05, 4.69) is 15.3 Å². The topological polar surface area (TPSA) is 81.6 Å². The van der Waals surface area contributed by atoms with E-state index >= 15 is 0 Å². The van der Waals surface area contributed by atoms with Crippen LogP contribution in [0.3, 0.4) is 0 Å². The fraction of sp³-hybridized carbons (Fsp3) is 0. The van der Waals surface area contributed by atoms with Gasteiger partial charge >= 0.3 is 0 Å². The molecule has 0 aliphatic carbocycles. The molecule has 16 heavy (non-hydrogen) atoms. The number of pyridine rings is 1. The molecule has 0 radical (unpaired) electrons. The van der Waals surface area contributed by atoms with Gasteiger partial charge in [0.2, 0.25) is 0 Å². The first kappa shape index (κ1) is 9.93. The number of aromatic amines is 1. The normalized spacial score (nSPS) is 9.44. The molecule has 0 aromatic carbocycles. The maximum absolute atomic E-state index is 11.6. The summed E-state index contributed by atoms with van der Waals surface area (Å²) in [5, 5.41) is 11.2. The average molecular weight is 212 g/mol. The van der Waals surface area contributed by atoms with E-state index in [-0.39, 0.29) is 11.6 Å². The third-order valence-corrected chi connectivity index (χ3v) is 1.97. The number of rotatable bonds is 2. The van der Waals surface area contributed by atoms with Gasteiger partial charge in [-0.1, -0.05) is 0 Å². The fourth-order valence-corrected chi connectivity index (χ4v) is 1.19. The molecular weight excluding hydrogens is 204 g/mol. The minimum atomic E-state index is -0.313. The Labute approximate surface area is 91.8 Å². The number of aromatic nitrogens is 2. The number of amides is 1. The van der Waals surface area contributed by atoms with Gasteiger partial charge in [0.15, 0.2) is 0 Å². The number of carbonyl (C=O) groups excluding carboxylic acids is 1. The SMILES string of the molecule is N#Cc1ccc(C(=O)Nc2ccc[nH]2)nc1. The number of carbonyl (C=O) groups is 1. The lowest BCUT2D eigenvalue weighted by Gasteiger charge is -2.01. The molecule has 0 aliphatic rings. The molecular formula is C11H8N4O. The first-order valence-electron chi connectivity index (χ1n) is 4.60. The van der Waals surface area contributed by atoms with E-state index in [4.69, 9.17) is 5.26 Å². The highest BCUT2D eigenvalue weighted by atomic mass is 16.1. The van der Waals surface area contributed by atoms with Crippen LogP contribution < -0.4 is 5.32 Å². The molecule has 0 aliphatic heterocycles. The maximum atomic E-state index is 11.6. The molecule has 78 valence electrons. The number of nitriles is 1. The van der Waals surface area contributed by atoms with Gasteiger partial charge in [-0.3, -0.25) is 4.79 Å². The van der Waals surface area contributed by atoms with Gasteiger partial charge in [0.25, 0.3) is 5.91 Å². The van der Waals surface area contributed by atoms with E-state index in [9.17, 15) is 4.79 Å². The number of hydrogen-bond acceptors (Lipinski definition) is 3. The van der Waals surface area contributed by atoms with Crippen LogP contribution >= 0.6 is 0 Å². The number of nitrogens with zero attached hydrogens (tertiary/aromatic N) is 2. The quantitative estimate of drug-likeness (QED) is 0.792. The molecule has 2 heterocycles. The van der Waals surface area contributed by atoms with E-state index in [0.29, 0.717) is 11.4 Å². The Morgan fingerprint density at radius 1 is 1.44 bits per heavy atom. The van der Waals surface area contributed by atoms with Gasteiger partial charge in [-0.2, -0.15) is 5.26 Å². The number of H-pyrrole nitrogens is 1. The van der Waals surface area contributed by atoms with Crippen LogP contribution in [0.25, 0.3) is 0 Å². The smallest absolute Gasteiger partial charge is 0.275 e. The number of nitrogens with one attached hydrogen (secondary N) is 2. The summed E-state index contributed by atoms with van der Waals surface area (Å²) in [5.41, 5.74) is 0.699. The second kappa shape index (κ2) is 4.28. The third kappa shape index (κ3) is 2.07. The highest BCUT2D eigenvalue weighted by Gasteiger charge is 2.07. The Balaban J connectivity index is 2.12. The van der Waals surface area contributed by atoms with Crippen molar-refractivity contribution in [1.82, 2.24) is 9.97 Å². The Bertz CT molecular complexity index is 522. The largest absolute Gasteiger partial charge is 0.348 e. The summed E-state index contributed by atoms with van der Waals surface area (Å²) in [5.74, 6) is 0.295. The van der Waals surface area contributed by atoms with Gasteiger partial charge in [-0.25, -0.2) is 4.98 Å². The van der Waals surface area contributed by atoms with Crippen molar-refractivity contribution in [3.05, 3.63) is 47.9 Å². The van der Waals surface area contributed by atoms with Crippen molar-refractivity contribution >= 4 is 11.7 Å². The molecule has 0 saturated carbocycles. The molecule has 5 nitrogen and oxygen atoms in total. The van der Waals surface area contributed by atoms with Crippen molar-refractivity contribution in [2.75, 3.05) is 5.32 Å². The van der Waals surface area contributed by atoms with Gasteiger partial charge < -0.3 is 10.3 Å². The van der Waals surface area contributed by atoms with Crippen LogP contribution in [0, 0.1) is 11.3 Å². The maximum Gasteiger partial charge on any atom is 0.275 e. The van der Waals surface area contributed by atoms with Crippen molar-refractivity contribution < 1.29 is 4.79 Å². The highest BCUT2D eigenvalue weighted by molar-refractivity contribution is 6.02. The van der Waals surface area contributed by atoms with E-state index < -0.39 is 0 Å². The molecule has 2 aromatic heterocycles. The molecule has 0 atom stereocenters. The van der Waals surface area contributed by atoms with Crippen LogP contribution in [0.5, 0.6) is 0 Å². The molecule has 0 bridgehead atoms. The van der Waals surface area contributed by atoms with E-state index in [0.717, 1.165) is 0 Å². The molecule has 0 spiro atoms. The first-order valence-corrected chi connectivity index (χ1v) is 4.60. The molecule has 2 rings (SSSR count). The fourth-order valence-electron chi connectivity index (χ4n) is 1.19.